The van der Waals surface area contributed by atoms with Crippen molar-refractivity contribution in [3.8, 4) is 11.5 Å². The van der Waals surface area contributed by atoms with Crippen molar-refractivity contribution < 1.29 is 14.3 Å². The van der Waals surface area contributed by atoms with Crippen LogP contribution in [0.2, 0.25) is 0 Å². The van der Waals surface area contributed by atoms with Crippen LogP contribution < -0.4 is 26.1 Å². The topological polar surface area (TPSA) is 119 Å². The number of fused-ring (bicyclic) bond motifs is 1. The van der Waals surface area contributed by atoms with E-state index < -0.39 is 5.92 Å². The number of nitrogens with zero attached hydrogens (tertiary/aromatic N) is 1. The van der Waals surface area contributed by atoms with Gasteiger partial charge in [0.2, 0.25) is 11.9 Å². The van der Waals surface area contributed by atoms with E-state index in [0.29, 0.717) is 17.1 Å². The zero-order valence-corrected chi connectivity index (χ0v) is 12.7. The van der Waals surface area contributed by atoms with Crippen LogP contribution in [0, 0.1) is 0 Å². The molecule has 0 radical (unpaired) electrons. The first-order valence-electron chi connectivity index (χ1n) is 6.95. The van der Waals surface area contributed by atoms with E-state index in [1.54, 1.807) is 18.2 Å². The van der Waals surface area contributed by atoms with Crippen LogP contribution in [-0.2, 0) is 4.79 Å². The molecule has 0 bridgehead atoms. The summed E-state index contributed by atoms with van der Waals surface area (Å²) in [7, 11) is 3.07. The Bertz CT molecular complexity index is 831. The highest BCUT2D eigenvalue weighted by Gasteiger charge is 2.31. The Hall–Kier alpha value is -3.03. The van der Waals surface area contributed by atoms with E-state index in [2.05, 4.69) is 15.3 Å². The summed E-state index contributed by atoms with van der Waals surface area (Å²) in [6, 6.07) is 5.28. The number of methoxy groups -OCH3 is 2. The van der Waals surface area contributed by atoms with Gasteiger partial charge in [-0.3, -0.25) is 14.6 Å². The first-order chi connectivity index (χ1) is 11.0. The Balaban J connectivity index is 2.15. The first kappa shape index (κ1) is 14.9. The summed E-state index contributed by atoms with van der Waals surface area (Å²) < 4.78 is 10.5. The fourth-order valence-electron chi connectivity index (χ4n) is 2.74. The second-order valence-electron chi connectivity index (χ2n) is 5.13. The quantitative estimate of drug-likeness (QED) is 0.772. The molecule has 2 aromatic rings. The third-order valence-corrected chi connectivity index (χ3v) is 3.78. The third kappa shape index (κ3) is 2.59. The van der Waals surface area contributed by atoms with Crippen molar-refractivity contribution in [3.63, 3.8) is 0 Å². The largest absolute Gasteiger partial charge is 0.493 e. The van der Waals surface area contributed by atoms with Crippen LogP contribution >= 0.6 is 0 Å². The van der Waals surface area contributed by atoms with Crippen LogP contribution in [0.15, 0.2) is 23.0 Å². The molecule has 0 saturated heterocycles. The summed E-state index contributed by atoms with van der Waals surface area (Å²) in [6.07, 6.45) is 0.136. The molecule has 1 unspecified atom stereocenters. The number of rotatable bonds is 3. The van der Waals surface area contributed by atoms with Gasteiger partial charge in [0.25, 0.3) is 5.56 Å². The molecule has 0 spiro atoms. The summed E-state index contributed by atoms with van der Waals surface area (Å²) >= 11 is 0. The Labute approximate surface area is 131 Å². The van der Waals surface area contributed by atoms with Crippen LogP contribution in [0.25, 0.3) is 0 Å². The number of aromatic amines is 1. The summed E-state index contributed by atoms with van der Waals surface area (Å²) in [5.74, 6) is 0.591. The zero-order chi connectivity index (χ0) is 16.6. The molecule has 0 fully saturated rings. The average molecular weight is 316 g/mol. The molecule has 8 heteroatoms. The van der Waals surface area contributed by atoms with Crippen molar-refractivity contribution in [1.29, 1.82) is 0 Å². The maximum Gasteiger partial charge on any atom is 0.258 e. The molecule has 0 aliphatic carbocycles. The molecule has 1 aliphatic heterocycles. The number of ether oxygens (including phenoxy) is 2. The van der Waals surface area contributed by atoms with Crippen LogP contribution in [0.1, 0.15) is 23.5 Å². The van der Waals surface area contributed by atoms with Crippen molar-refractivity contribution in [3.05, 3.63) is 39.7 Å². The number of carbonyl (C=O) groups is 1. The molecule has 1 aromatic carbocycles. The SMILES string of the molecule is COc1ccc(C2CC(=O)Nc3nc(N)[nH]c(=O)c32)cc1OC. The van der Waals surface area contributed by atoms with Crippen LogP contribution in [0.3, 0.4) is 0 Å². The smallest absolute Gasteiger partial charge is 0.258 e. The monoisotopic (exact) mass is 316 g/mol. The Morgan fingerprint density at radius 1 is 1.22 bits per heavy atom. The van der Waals surface area contributed by atoms with Crippen LogP contribution in [-0.4, -0.2) is 30.1 Å². The Kier molecular flexibility index (Phi) is 3.65. The molecular weight excluding hydrogens is 300 g/mol. The normalized spacial score (nSPS) is 16.4. The van der Waals surface area contributed by atoms with E-state index in [9.17, 15) is 9.59 Å². The van der Waals surface area contributed by atoms with Crippen molar-refractivity contribution in [2.75, 3.05) is 25.3 Å². The number of H-pyrrole nitrogens is 1. The minimum atomic E-state index is -0.435. The van der Waals surface area contributed by atoms with Crippen LogP contribution in [0.5, 0.6) is 11.5 Å². The molecule has 1 aliphatic rings. The van der Waals surface area contributed by atoms with Crippen molar-refractivity contribution in [2.45, 2.75) is 12.3 Å². The van der Waals surface area contributed by atoms with E-state index in [1.807, 2.05) is 0 Å². The van der Waals surface area contributed by atoms with Gasteiger partial charge >= 0.3 is 0 Å². The van der Waals surface area contributed by atoms with E-state index in [0.717, 1.165) is 5.56 Å². The standard InChI is InChI=1S/C15H16N4O4/c1-22-9-4-3-7(5-10(9)23-2)8-6-11(20)17-13-12(8)14(21)19-15(16)18-13/h3-5,8H,6H2,1-2H3,(H4,16,17,18,19,20,21). The van der Waals surface area contributed by atoms with Crippen molar-refractivity contribution >= 4 is 17.7 Å². The van der Waals surface area contributed by atoms with E-state index >= 15 is 0 Å². The minimum Gasteiger partial charge on any atom is -0.493 e. The molecule has 3 rings (SSSR count). The van der Waals surface area contributed by atoms with Gasteiger partial charge in [-0.1, -0.05) is 6.07 Å². The lowest BCUT2D eigenvalue weighted by Gasteiger charge is -2.24. The van der Waals surface area contributed by atoms with Gasteiger partial charge in [0.1, 0.15) is 5.82 Å². The van der Waals surface area contributed by atoms with E-state index in [1.165, 1.54) is 14.2 Å². The molecule has 4 N–H and O–H groups in total. The number of anilines is 2. The number of hydrogen-bond donors (Lipinski definition) is 3. The molecule has 1 atom stereocenters. The molecule has 1 amide bonds. The maximum atomic E-state index is 12.3. The lowest BCUT2D eigenvalue weighted by atomic mass is 9.86. The highest BCUT2D eigenvalue weighted by Crippen LogP contribution is 2.37. The fourth-order valence-corrected chi connectivity index (χ4v) is 2.74. The van der Waals surface area contributed by atoms with E-state index in [4.69, 9.17) is 15.2 Å². The number of nitrogen functional groups attached to an aromatic ring is 1. The molecule has 8 nitrogen and oxygen atoms in total. The summed E-state index contributed by atoms with van der Waals surface area (Å²) in [4.78, 5) is 30.7. The number of nitrogens with one attached hydrogen (secondary N) is 2. The van der Waals surface area contributed by atoms with Gasteiger partial charge in [0.15, 0.2) is 11.5 Å². The number of benzene rings is 1. The van der Waals surface area contributed by atoms with Crippen molar-refractivity contribution in [2.24, 2.45) is 0 Å². The second-order valence-corrected chi connectivity index (χ2v) is 5.13. The van der Waals surface area contributed by atoms with Gasteiger partial charge < -0.3 is 20.5 Å². The number of carbonyl (C=O) groups excluding carboxylic acids is 1. The van der Waals surface area contributed by atoms with Gasteiger partial charge in [-0.25, -0.2) is 0 Å². The highest BCUT2D eigenvalue weighted by atomic mass is 16.5. The van der Waals surface area contributed by atoms with Gasteiger partial charge in [0, 0.05) is 12.3 Å². The molecule has 0 saturated carbocycles. The summed E-state index contributed by atoms with van der Waals surface area (Å²) in [6.45, 7) is 0. The Morgan fingerprint density at radius 2 is 1.96 bits per heavy atom. The second kappa shape index (κ2) is 5.64. The average Bonchev–Trinajstić information content (AvgIpc) is 2.52. The lowest BCUT2D eigenvalue weighted by molar-refractivity contribution is -0.116. The van der Waals surface area contributed by atoms with Gasteiger partial charge in [-0.05, 0) is 17.7 Å². The first-order valence-corrected chi connectivity index (χ1v) is 6.95. The van der Waals surface area contributed by atoms with Crippen molar-refractivity contribution in [1.82, 2.24) is 9.97 Å². The van der Waals surface area contributed by atoms with Crippen LogP contribution in [0.4, 0.5) is 11.8 Å². The van der Waals surface area contributed by atoms with E-state index in [-0.39, 0.29) is 29.7 Å². The predicted molar refractivity (Wildman–Crippen MR) is 83.9 cm³/mol. The maximum absolute atomic E-state index is 12.3. The zero-order valence-electron chi connectivity index (χ0n) is 12.7. The molecule has 2 heterocycles. The highest BCUT2D eigenvalue weighted by molar-refractivity contribution is 5.94. The number of nitrogens with two attached hydrogens (primary N) is 1. The van der Waals surface area contributed by atoms with Gasteiger partial charge in [-0.15, -0.1) is 0 Å². The number of amides is 1. The molecule has 1 aromatic heterocycles. The molecular formula is C15H16N4O4. The summed E-state index contributed by atoms with van der Waals surface area (Å²) in [5.41, 5.74) is 6.31. The minimum absolute atomic E-state index is 0.0398. The lowest BCUT2D eigenvalue weighted by Crippen LogP contribution is -2.31. The Morgan fingerprint density at radius 3 is 2.65 bits per heavy atom. The molecule has 23 heavy (non-hydrogen) atoms. The third-order valence-electron chi connectivity index (χ3n) is 3.78. The number of aromatic nitrogens is 2. The number of hydrogen-bond acceptors (Lipinski definition) is 6. The fraction of sp³-hybridized carbons (Fsp3) is 0.267. The molecule has 120 valence electrons. The summed E-state index contributed by atoms with van der Waals surface area (Å²) in [5, 5.41) is 2.59. The van der Waals surface area contributed by atoms with Gasteiger partial charge in [0.05, 0.1) is 19.8 Å². The predicted octanol–water partition coefficient (Wildman–Crippen LogP) is 0.843. The van der Waals surface area contributed by atoms with Gasteiger partial charge in [-0.2, -0.15) is 4.98 Å².